The topological polar surface area (TPSA) is 57.6 Å². The van der Waals surface area contributed by atoms with Crippen molar-refractivity contribution in [3.8, 4) is 0 Å². The van der Waals surface area contributed by atoms with Crippen molar-refractivity contribution >= 4 is 11.9 Å². The summed E-state index contributed by atoms with van der Waals surface area (Å²) < 4.78 is 0. The molecule has 0 unspecified atom stereocenters. The number of hydrogen-bond acceptors (Lipinski definition) is 2. The summed E-state index contributed by atoms with van der Waals surface area (Å²) in [5.74, 6) is -1.26. The highest BCUT2D eigenvalue weighted by atomic mass is 16.4. The maximum absolute atomic E-state index is 12.3. The van der Waals surface area contributed by atoms with Crippen LogP contribution in [0.4, 0.5) is 0 Å². The number of carbonyl (C=O) groups is 2. The number of amides is 1. The molecule has 1 aromatic carbocycles. The summed E-state index contributed by atoms with van der Waals surface area (Å²) in [5.41, 5.74) is 2.35. The zero-order chi connectivity index (χ0) is 15.6. The Balaban J connectivity index is 1.96. The molecule has 0 aromatic heterocycles. The van der Waals surface area contributed by atoms with Crippen LogP contribution in [0.3, 0.4) is 0 Å². The van der Waals surface area contributed by atoms with Gasteiger partial charge in [0.2, 0.25) is 5.91 Å². The van der Waals surface area contributed by atoms with E-state index in [0.29, 0.717) is 25.3 Å². The number of benzene rings is 1. The van der Waals surface area contributed by atoms with Gasteiger partial charge in [-0.2, -0.15) is 0 Å². The molecule has 1 aromatic rings. The number of carbonyl (C=O) groups excluding carboxylic acids is 1. The second kappa shape index (κ2) is 6.29. The van der Waals surface area contributed by atoms with Gasteiger partial charge in [-0.1, -0.05) is 38.1 Å². The number of carboxylic acids is 1. The minimum atomic E-state index is -0.853. The van der Waals surface area contributed by atoms with Crippen LogP contribution in [0.5, 0.6) is 0 Å². The van der Waals surface area contributed by atoms with Crippen LogP contribution in [-0.4, -0.2) is 28.9 Å². The highest BCUT2D eigenvalue weighted by Gasteiger charge is 2.42. The Kier molecular flexibility index (Phi) is 4.66. The Labute approximate surface area is 125 Å². The Bertz CT molecular complexity index is 521. The molecule has 4 nitrogen and oxygen atoms in total. The molecule has 0 bridgehead atoms. The molecular weight excluding hydrogens is 266 g/mol. The van der Waals surface area contributed by atoms with Crippen LogP contribution in [0.15, 0.2) is 24.3 Å². The van der Waals surface area contributed by atoms with Crippen molar-refractivity contribution in [2.75, 3.05) is 7.05 Å². The first-order valence-corrected chi connectivity index (χ1v) is 7.46. The molecule has 1 N–H and O–H groups in total. The number of hydrogen-bond donors (Lipinski definition) is 1. The van der Waals surface area contributed by atoms with Crippen molar-refractivity contribution in [3.05, 3.63) is 35.4 Å². The molecule has 2 rings (SSSR count). The summed E-state index contributed by atoms with van der Waals surface area (Å²) in [5, 5.41) is 9.04. The van der Waals surface area contributed by atoms with E-state index in [4.69, 9.17) is 5.11 Å². The van der Waals surface area contributed by atoms with Gasteiger partial charge in [-0.3, -0.25) is 9.59 Å². The Hall–Kier alpha value is -1.84. The van der Waals surface area contributed by atoms with Gasteiger partial charge < -0.3 is 10.0 Å². The van der Waals surface area contributed by atoms with Crippen LogP contribution >= 0.6 is 0 Å². The lowest BCUT2D eigenvalue weighted by Gasteiger charge is -2.35. The molecule has 1 aliphatic rings. The summed E-state index contributed by atoms with van der Waals surface area (Å²) >= 11 is 0. The molecule has 1 amide bonds. The van der Waals surface area contributed by atoms with Gasteiger partial charge in [0, 0.05) is 13.6 Å². The first kappa shape index (κ1) is 15.5. The van der Waals surface area contributed by atoms with E-state index in [1.54, 1.807) is 11.9 Å². The van der Waals surface area contributed by atoms with E-state index in [2.05, 4.69) is 26.0 Å². The molecule has 0 aliphatic heterocycles. The molecular formula is C17H23NO3. The molecule has 1 aliphatic carbocycles. The van der Waals surface area contributed by atoms with E-state index in [1.165, 1.54) is 5.56 Å². The lowest BCUT2D eigenvalue weighted by atomic mass is 9.73. The standard InChI is InChI=1S/C17H23NO3/c1-11(2)13-6-4-12(5-7-13)10-18(3)16(19)14-8-9-15(14)17(20)21/h4-7,11,14-15H,8-10H2,1-3H3,(H,20,21)/t14-,15-/m1/s1. The van der Waals surface area contributed by atoms with Gasteiger partial charge in [-0.15, -0.1) is 0 Å². The van der Waals surface area contributed by atoms with Crippen molar-refractivity contribution in [2.24, 2.45) is 11.8 Å². The average molecular weight is 289 g/mol. The second-order valence-electron chi connectivity index (χ2n) is 6.22. The van der Waals surface area contributed by atoms with Crippen molar-refractivity contribution in [3.63, 3.8) is 0 Å². The van der Waals surface area contributed by atoms with E-state index >= 15 is 0 Å². The zero-order valence-electron chi connectivity index (χ0n) is 12.9. The normalized spacial score (nSPS) is 21.0. The van der Waals surface area contributed by atoms with Gasteiger partial charge in [0.1, 0.15) is 0 Å². The Morgan fingerprint density at radius 1 is 1.19 bits per heavy atom. The van der Waals surface area contributed by atoms with Crippen LogP contribution in [0, 0.1) is 11.8 Å². The van der Waals surface area contributed by atoms with E-state index in [1.807, 2.05) is 12.1 Å². The fourth-order valence-electron chi connectivity index (χ4n) is 2.73. The molecule has 0 saturated heterocycles. The van der Waals surface area contributed by atoms with Crippen molar-refractivity contribution in [1.29, 1.82) is 0 Å². The van der Waals surface area contributed by atoms with E-state index in [-0.39, 0.29) is 11.8 Å². The second-order valence-corrected chi connectivity index (χ2v) is 6.22. The first-order chi connectivity index (χ1) is 9.90. The van der Waals surface area contributed by atoms with Crippen LogP contribution in [0.25, 0.3) is 0 Å². The predicted octanol–water partition coefficient (Wildman–Crippen LogP) is 2.88. The third-order valence-corrected chi connectivity index (χ3v) is 4.35. The zero-order valence-corrected chi connectivity index (χ0v) is 12.9. The fraction of sp³-hybridized carbons (Fsp3) is 0.529. The smallest absolute Gasteiger partial charge is 0.307 e. The summed E-state index contributed by atoms with van der Waals surface area (Å²) in [4.78, 5) is 24.9. The van der Waals surface area contributed by atoms with Crippen LogP contribution in [-0.2, 0) is 16.1 Å². The third kappa shape index (κ3) is 3.43. The van der Waals surface area contributed by atoms with E-state index in [0.717, 1.165) is 5.56 Å². The monoisotopic (exact) mass is 289 g/mol. The molecule has 1 saturated carbocycles. The largest absolute Gasteiger partial charge is 0.481 e. The summed E-state index contributed by atoms with van der Waals surface area (Å²) in [7, 11) is 1.75. The summed E-state index contributed by atoms with van der Waals surface area (Å²) in [6.07, 6.45) is 1.30. The van der Waals surface area contributed by atoms with Gasteiger partial charge in [-0.25, -0.2) is 0 Å². The maximum Gasteiger partial charge on any atom is 0.307 e. The predicted molar refractivity (Wildman–Crippen MR) is 80.9 cm³/mol. The average Bonchev–Trinajstić information content (AvgIpc) is 2.37. The maximum atomic E-state index is 12.3. The van der Waals surface area contributed by atoms with Gasteiger partial charge in [0.15, 0.2) is 0 Å². The Morgan fingerprint density at radius 3 is 2.19 bits per heavy atom. The van der Waals surface area contributed by atoms with Gasteiger partial charge in [-0.05, 0) is 29.9 Å². The third-order valence-electron chi connectivity index (χ3n) is 4.35. The highest BCUT2D eigenvalue weighted by Crippen LogP contribution is 2.35. The lowest BCUT2D eigenvalue weighted by Crippen LogP contribution is -2.44. The number of nitrogens with zero attached hydrogens (tertiary/aromatic N) is 1. The molecule has 2 atom stereocenters. The Morgan fingerprint density at radius 2 is 1.76 bits per heavy atom. The molecule has 1 fully saturated rings. The number of rotatable bonds is 5. The lowest BCUT2D eigenvalue weighted by molar-refractivity contribution is -0.156. The van der Waals surface area contributed by atoms with Gasteiger partial charge in [0.25, 0.3) is 0 Å². The molecule has 114 valence electrons. The van der Waals surface area contributed by atoms with E-state index < -0.39 is 11.9 Å². The molecule has 4 heteroatoms. The first-order valence-electron chi connectivity index (χ1n) is 7.46. The van der Waals surface area contributed by atoms with Gasteiger partial charge in [0.05, 0.1) is 11.8 Å². The van der Waals surface area contributed by atoms with Crippen LogP contribution in [0.2, 0.25) is 0 Å². The summed E-state index contributed by atoms with van der Waals surface area (Å²) in [6.45, 7) is 4.82. The van der Waals surface area contributed by atoms with Crippen molar-refractivity contribution < 1.29 is 14.7 Å². The van der Waals surface area contributed by atoms with Gasteiger partial charge >= 0.3 is 5.97 Å². The molecule has 0 heterocycles. The minimum Gasteiger partial charge on any atom is -0.481 e. The quantitative estimate of drug-likeness (QED) is 0.906. The minimum absolute atomic E-state index is 0.0541. The SMILES string of the molecule is CC(C)c1ccc(CN(C)C(=O)[C@@H]2CC[C@H]2C(=O)O)cc1. The van der Waals surface area contributed by atoms with Crippen LogP contribution in [0.1, 0.15) is 43.7 Å². The van der Waals surface area contributed by atoms with Crippen molar-refractivity contribution in [2.45, 2.75) is 39.2 Å². The van der Waals surface area contributed by atoms with Crippen molar-refractivity contribution in [1.82, 2.24) is 4.90 Å². The molecule has 0 spiro atoms. The van der Waals surface area contributed by atoms with E-state index in [9.17, 15) is 9.59 Å². The summed E-state index contributed by atoms with van der Waals surface area (Å²) in [6, 6.07) is 8.24. The number of carboxylic acid groups (broad SMARTS) is 1. The fourth-order valence-corrected chi connectivity index (χ4v) is 2.73. The molecule has 21 heavy (non-hydrogen) atoms. The highest BCUT2D eigenvalue weighted by molar-refractivity contribution is 5.86. The van der Waals surface area contributed by atoms with Crippen LogP contribution < -0.4 is 0 Å². The molecule has 0 radical (unpaired) electrons. The number of aliphatic carboxylic acids is 1.